The summed E-state index contributed by atoms with van der Waals surface area (Å²) in [5, 5.41) is 13.3. The smallest absolute Gasteiger partial charge is 0.222 e. The van der Waals surface area contributed by atoms with Crippen molar-refractivity contribution in [3.8, 4) is 0 Å². The number of hydrogen-bond donors (Lipinski definition) is 1. The number of carbonyl (C=O) groups is 1. The second-order valence-corrected chi connectivity index (χ2v) is 5.96. The van der Waals surface area contributed by atoms with E-state index in [0.717, 1.165) is 49.6 Å². The van der Waals surface area contributed by atoms with Crippen LogP contribution in [0.5, 0.6) is 0 Å². The zero-order valence-electron chi connectivity index (χ0n) is 13.8. The highest BCUT2D eigenvalue weighted by atomic mass is 16.5. The summed E-state index contributed by atoms with van der Waals surface area (Å²) in [6.07, 6.45) is 2.13. The predicted molar refractivity (Wildman–Crippen MR) is 83.6 cm³/mol. The normalized spacial score (nSPS) is 17.7. The molecule has 22 heavy (non-hydrogen) atoms. The van der Waals surface area contributed by atoms with Gasteiger partial charge in [0.15, 0.2) is 0 Å². The Bertz CT molecular complexity index is 469. The molecular formula is C16H27N3O3. The molecule has 2 rings (SSSR count). The van der Waals surface area contributed by atoms with E-state index < -0.39 is 0 Å². The van der Waals surface area contributed by atoms with Crippen molar-refractivity contribution in [3.63, 3.8) is 0 Å². The third-order valence-corrected chi connectivity index (χ3v) is 4.64. The summed E-state index contributed by atoms with van der Waals surface area (Å²) in [5.41, 5.74) is 1.93. The molecule has 1 N–H and O–H groups in total. The maximum Gasteiger partial charge on any atom is 0.222 e. The summed E-state index contributed by atoms with van der Waals surface area (Å²) in [7, 11) is 0. The van der Waals surface area contributed by atoms with Crippen LogP contribution in [-0.2, 0) is 11.2 Å². The Morgan fingerprint density at radius 1 is 1.32 bits per heavy atom. The van der Waals surface area contributed by atoms with Crippen molar-refractivity contribution in [1.29, 1.82) is 0 Å². The summed E-state index contributed by atoms with van der Waals surface area (Å²) in [4.78, 5) is 16.5. The second kappa shape index (κ2) is 7.74. The van der Waals surface area contributed by atoms with Gasteiger partial charge in [0.25, 0.3) is 0 Å². The molecule has 6 nitrogen and oxygen atoms in total. The molecule has 1 saturated heterocycles. The van der Waals surface area contributed by atoms with Crippen LogP contribution in [0.25, 0.3) is 0 Å². The van der Waals surface area contributed by atoms with Crippen molar-refractivity contribution in [1.82, 2.24) is 15.0 Å². The van der Waals surface area contributed by atoms with Gasteiger partial charge < -0.3 is 14.5 Å². The lowest BCUT2D eigenvalue weighted by Gasteiger charge is -2.38. The van der Waals surface area contributed by atoms with Crippen LogP contribution in [0.1, 0.15) is 36.8 Å². The van der Waals surface area contributed by atoms with E-state index in [2.05, 4.69) is 17.0 Å². The van der Waals surface area contributed by atoms with Crippen molar-refractivity contribution in [3.05, 3.63) is 17.0 Å². The number of nitrogens with zero attached hydrogens (tertiary/aromatic N) is 3. The van der Waals surface area contributed by atoms with Gasteiger partial charge in [0.2, 0.25) is 5.91 Å². The van der Waals surface area contributed by atoms with Gasteiger partial charge in [0.1, 0.15) is 5.76 Å². The first-order chi connectivity index (χ1) is 10.6. The lowest BCUT2D eigenvalue weighted by atomic mass is 10.1. The Balaban J connectivity index is 1.80. The van der Waals surface area contributed by atoms with E-state index in [9.17, 15) is 9.90 Å². The minimum atomic E-state index is 0.191. The van der Waals surface area contributed by atoms with Gasteiger partial charge in [-0.2, -0.15) is 0 Å². The molecule has 0 bridgehead atoms. The summed E-state index contributed by atoms with van der Waals surface area (Å²) in [6.45, 7) is 9.26. The molecule has 1 aliphatic rings. The molecule has 0 saturated carbocycles. The van der Waals surface area contributed by atoms with E-state index in [0.29, 0.717) is 12.8 Å². The van der Waals surface area contributed by atoms with Crippen molar-refractivity contribution in [2.24, 2.45) is 0 Å². The lowest BCUT2D eigenvalue weighted by molar-refractivity contribution is -0.133. The van der Waals surface area contributed by atoms with Gasteiger partial charge in [-0.1, -0.05) is 12.1 Å². The fourth-order valence-corrected chi connectivity index (χ4v) is 3.09. The zero-order chi connectivity index (χ0) is 16.1. The first-order valence-electron chi connectivity index (χ1n) is 8.11. The summed E-state index contributed by atoms with van der Waals surface area (Å²) in [5.74, 6) is 1.00. The monoisotopic (exact) mass is 309 g/mol. The molecule has 124 valence electrons. The fourth-order valence-electron chi connectivity index (χ4n) is 3.09. The minimum Gasteiger partial charge on any atom is -0.395 e. The van der Waals surface area contributed by atoms with Crippen molar-refractivity contribution >= 4 is 5.91 Å². The van der Waals surface area contributed by atoms with Crippen molar-refractivity contribution < 1.29 is 14.4 Å². The molecule has 0 spiro atoms. The van der Waals surface area contributed by atoms with Gasteiger partial charge >= 0.3 is 0 Å². The number of aryl methyl sites for hydroxylation is 2. The maximum absolute atomic E-state index is 12.3. The number of amides is 1. The second-order valence-electron chi connectivity index (χ2n) is 5.96. The highest BCUT2D eigenvalue weighted by molar-refractivity contribution is 5.76. The molecule has 1 aliphatic heterocycles. The van der Waals surface area contributed by atoms with Crippen LogP contribution < -0.4 is 0 Å². The number of hydrogen-bond acceptors (Lipinski definition) is 5. The van der Waals surface area contributed by atoms with Crippen LogP contribution in [-0.4, -0.2) is 64.8 Å². The molecule has 1 unspecified atom stereocenters. The maximum atomic E-state index is 12.3. The summed E-state index contributed by atoms with van der Waals surface area (Å²) in [6, 6.07) is 0.222. The van der Waals surface area contributed by atoms with Crippen molar-refractivity contribution in [2.45, 2.75) is 46.1 Å². The molecule has 6 heteroatoms. The van der Waals surface area contributed by atoms with Crippen molar-refractivity contribution in [2.75, 3.05) is 32.8 Å². The van der Waals surface area contributed by atoms with E-state index in [1.807, 2.05) is 18.7 Å². The molecule has 2 heterocycles. The first-order valence-corrected chi connectivity index (χ1v) is 8.11. The topological polar surface area (TPSA) is 69.8 Å². The lowest BCUT2D eigenvalue weighted by Crippen LogP contribution is -2.52. The minimum absolute atomic E-state index is 0.191. The Morgan fingerprint density at radius 2 is 2.00 bits per heavy atom. The number of aliphatic hydroxyl groups excluding tert-OH is 1. The molecule has 1 aromatic rings. The number of aromatic nitrogens is 1. The van der Waals surface area contributed by atoms with E-state index in [1.165, 1.54) is 0 Å². The molecule has 0 aromatic carbocycles. The van der Waals surface area contributed by atoms with Crippen LogP contribution in [0, 0.1) is 13.8 Å². The van der Waals surface area contributed by atoms with Gasteiger partial charge in [-0.3, -0.25) is 9.69 Å². The predicted octanol–water partition coefficient (Wildman–Crippen LogP) is 1.14. The first kappa shape index (κ1) is 17.0. The van der Waals surface area contributed by atoms with Crippen LogP contribution in [0.15, 0.2) is 4.52 Å². The molecule has 1 atom stereocenters. The number of piperazine rings is 1. The Labute approximate surface area is 132 Å². The Morgan fingerprint density at radius 3 is 2.50 bits per heavy atom. The van der Waals surface area contributed by atoms with Gasteiger partial charge in [-0.25, -0.2) is 0 Å². The zero-order valence-corrected chi connectivity index (χ0v) is 13.8. The molecule has 0 radical (unpaired) electrons. The Hall–Kier alpha value is -1.40. The van der Waals surface area contributed by atoms with E-state index in [-0.39, 0.29) is 18.6 Å². The largest absolute Gasteiger partial charge is 0.395 e. The average Bonchev–Trinajstić information content (AvgIpc) is 2.85. The Kier molecular flexibility index (Phi) is 5.97. The standard InChI is InChI=1S/C16H27N3O3/c1-4-14(11-20)18-7-9-19(10-8-18)16(21)6-5-15-12(2)17-22-13(15)3/h14,20H,4-11H2,1-3H3. The van der Waals surface area contributed by atoms with E-state index >= 15 is 0 Å². The van der Waals surface area contributed by atoms with Crippen LogP contribution >= 0.6 is 0 Å². The molecule has 1 amide bonds. The third-order valence-electron chi connectivity index (χ3n) is 4.64. The fraction of sp³-hybridized carbons (Fsp3) is 0.750. The molecule has 1 fully saturated rings. The van der Waals surface area contributed by atoms with Crippen LogP contribution in [0.4, 0.5) is 0 Å². The highest BCUT2D eigenvalue weighted by Crippen LogP contribution is 2.16. The van der Waals surface area contributed by atoms with Gasteiger partial charge in [-0.15, -0.1) is 0 Å². The molecule has 0 aliphatic carbocycles. The SMILES string of the molecule is CCC(CO)N1CCN(C(=O)CCc2c(C)noc2C)CC1. The van der Waals surface area contributed by atoms with Gasteiger partial charge in [0.05, 0.1) is 12.3 Å². The molecular weight excluding hydrogens is 282 g/mol. The third kappa shape index (κ3) is 3.87. The van der Waals surface area contributed by atoms with Gasteiger partial charge in [-0.05, 0) is 26.7 Å². The number of aliphatic hydroxyl groups is 1. The van der Waals surface area contributed by atoms with Crippen LogP contribution in [0.2, 0.25) is 0 Å². The number of rotatable bonds is 6. The highest BCUT2D eigenvalue weighted by Gasteiger charge is 2.25. The summed E-state index contributed by atoms with van der Waals surface area (Å²) < 4.78 is 5.13. The van der Waals surface area contributed by atoms with E-state index in [4.69, 9.17) is 4.52 Å². The number of carbonyl (C=O) groups excluding carboxylic acids is 1. The summed E-state index contributed by atoms with van der Waals surface area (Å²) >= 11 is 0. The van der Waals surface area contributed by atoms with Crippen LogP contribution in [0.3, 0.4) is 0 Å². The average molecular weight is 309 g/mol. The molecule has 1 aromatic heterocycles. The van der Waals surface area contributed by atoms with E-state index in [1.54, 1.807) is 0 Å². The van der Waals surface area contributed by atoms with Gasteiger partial charge in [0, 0.05) is 44.2 Å². The quantitative estimate of drug-likeness (QED) is 0.853.